The number of pyridine rings is 1. The number of nitrogens with zero attached hydrogens (tertiary/aromatic N) is 3. The highest BCUT2D eigenvalue weighted by molar-refractivity contribution is 6.30. The fourth-order valence-electron chi connectivity index (χ4n) is 1.60. The molecule has 0 saturated heterocycles. The molecular weight excluding hydrogens is 266 g/mol. The Morgan fingerprint density at radius 1 is 1.53 bits per heavy atom. The van der Waals surface area contributed by atoms with Crippen LogP contribution in [-0.2, 0) is 11.3 Å². The summed E-state index contributed by atoms with van der Waals surface area (Å²) in [7, 11) is 1.64. The van der Waals surface area contributed by atoms with Gasteiger partial charge < -0.3 is 20.2 Å². The summed E-state index contributed by atoms with van der Waals surface area (Å²) in [4.78, 5) is 8.61. The molecule has 0 unspecified atom stereocenters. The van der Waals surface area contributed by atoms with Crippen LogP contribution in [-0.4, -0.2) is 35.6 Å². The third kappa shape index (κ3) is 3.84. The molecule has 0 aliphatic rings. The smallest absolute Gasteiger partial charge is 0.189 e. The van der Waals surface area contributed by atoms with Gasteiger partial charge in [0.25, 0.3) is 0 Å². The summed E-state index contributed by atoms with van der Waals surface area (Å²) in [6.45, 7) is 1.64. The molecule has 0 fully saturated rings. The van der Waals surface area contributed by atoms with E-state index in [9.17, 15) is 0 Å². The van der Waals surface area contributed by atoms with Crippen LogP contribution in [0.3, 0.4) is 0 Å². The van der Waals surface area contributed by atoms with Crippen molar-refractivity contribution in [3.63, 3.8) is 0 Å². The number of nitrogens with two attached hydrogens (primary N) is 1. The highest BCUT2D eigenvalue weighted by Crippen LogP contribution is 2.12. The van der Waals surface area contributed by atoms with E-state index in [1.807, 2.05) is 16.7 Å². The minimum atomic E-state index is 0.382. The Kier molecular flexibility index (Phi) is 4.59. The average Bonchev–Trinajstić information content (AvgIpc) is 2.78. The highest BCUT2D eigenvalue weighted by atomic mass is 35.5. The van der Waals surface area contributed by atoms with E-state index in [0.29, 0.717) is 30.7 Å². The molecule has 6 nitrogen and oxygen atoms in total. The van der Waals surface area contributed by atoms with Crippen LogP contribution in [0.15, 0.2) is 29.5 Å². The fraction of sp³-hybridized carbons (Fsp3) is 0.333. The van der Waals surface area contributed by atoms with Crippen molar-refractivity contribution >= 4 is 23.2 Å². The molecule has 0 spiro atoms. The Balaban J connectivity index is 1.99. The summed E-state index contributed by atoms with van der Waals surface area (Å²) in [6.07, 6.45) is 3.68. The van der Waals surface area contributed by atoms with Crippen molar-refractivity contribution in [1.29, 1.82) is 0 Å². The van der Waals surface area contributed by atoms with Crippen LogP contribution in [0.1, 0.15) is 5.69 Å². The monoisotopic (exact) mass is 281 g/mol. The minimum absolute atomic E-state index is 0.382. The first-order valence-electron chi connectivity index (χ1n) is 5.85. The van der Waals surface area contributed by atoms with E-state index in [0.717, 1.165) is 11.3 Å². The van der Waals surface area contributed by atoms with Crippen LogP contribution < -0.4 is 11.1 Å². The van der Waals surface area contributed by atoms with Crippen LogP contribution in [0, 0.1) is 0 Å². The molecule has 19 heavy (non-hydrogen) atoms. The zero-order valence-electron chi connectivity index (χ0n) is 10.6. The van der Waals surface area contributed by atoms with Crippen molar-refractivity contribution < 1.29 is 4.74 Å². The first kappa shape index (κ1) is 13.6. The number of halogens is 1. The molecule has 7 heteroatoms. The molecule has 3 N–H and O–H groups in total. The molecule has 0 aromatic carbocycles. The Labute approximate surface area is 116 Å². The molecule has 0 aliphatic heterocycles. The van der Waals surface area contributed by atoms with Crippen LogP contribution >= 0.6 is 11.6 Å². The van der Waals surface area contributed by atoms with E-state index in [1.54, 1.807) is 19.4 Å². The molecule has 0 atom stereocenters. The number of ether oxygens (including phenoxy) is 1. The second-order valence-corrected chi connectivity index (χ2v) is 4.40. The predicted octanol–water partition coefficient (Wildman–Crippen LogP) is 1.04. The van der Waals surface area contributed by atoms with Gasteiger partial charge in [-0.2, -0.15) is 0 Å². The van der Waals surface area contributed by atoms with Crippen LogP contribution in [0.4, 0.5) is 0 Å². The second-order valence-electron chi connectivity index (χ2n) is 3.97. The lowest BCUT2D eigenvalue weighted by Crippen LogP contribution is -2.34. The molecular formula is C12H16ClN5O. The third-order valence-electron chi connectivity index (χ3n) is 2.49. The summed E-state index contributed by atoms with van der Waals surface area (Å²) in [5, 5.41) is 3.61. The van der Waals surface area contributed by atoms with E-state index >= 15 is 0 Å². The van der Waals surface area contributed by atoms with Crippen molar-refractivity contribution in [2.45, 2.75) is 6.54 Å². The van der Waals surface area contributed by atoms with Crippen molar-refractivity contribution in [2.75, 3.05) is 20.3 Å². The molecule has 102 valence electrons. The number of aromatic nitrogens is 2. The maximum absolute atomic E-state index is 5.91. The van der Waals surface area contributed by atoms with E-state index < -0.39 is 0 Å². The molecule has 2 rings (SSSR count). The van der Waals surface area contributed by atoms with Gasteiger partial charge in [0.2, 0.25) is 0 Å². The molecule has 2 heterocycles. The molecule has 0 amide bonds. The third-order valence-corrected chi connectivity index (χ3v) is 2.71. The van der Waals surface area contributed by atoms with Gasteiger partial charge in [-0.05, 0) is 12.1 Å². The second kappa shape index (κ2) is 6.40. The Bertz CT molecular complexity index is 581. The number of nitrogens with one attached hydrogen (secondary N) is 1. The lowest BCUT2D eigenvalue weighted by molar-refractivity contribution is 0.204. The Hall–Kier alpha value is -1.79. The number of hydrogen-bond acceptors (Lipinski definition) is 3. The largest absolute Gasteiger partial charge is 0.383 e. The molecule has 0 bridgehead atoms. The predicted molar refractivity (Wildman–Crippen MR) is 75.4 cm³/mol. The van der Waals surface area contributed by atoms with Crippen molar-refractivity contribution in [3.8, 4) is 0 Å². The van der Waals surface area contributed by atoms with Gasteiger partial charge in [-0.3, -0.25) is 0 Å². The number of hydrogen-bond donors (Lipinski definition) is 2. The van der Waals surface area contributed by atoms with Crippen LogP contribution in [0.25, 0.3) is 5.65 Å². The maximum Gasteiger partial charge on any atom is 0.189 e. The maximum atomic E-state index is 5.91. The van der Waals surface area contributed by atoms with E-state index in [-0.39, 0.29) is 0 Å². The van der Waals surface area contributed by atoms with Gasteiger partial charge in [0.15, 0.2) is 5.96 Å². The number of guanidine groups is 1. The van der Waals surface area contributed by atoms with Crippen molar-refractivity contribution in [1.82, 2.24) is 14.7 Å². The van der Waals surface area contributed by atoms with E-state index in [4.69, 9.17) is 22.1 Å². The van der Waals surface area contributed by atoms with Crippen LogP contribution in [0.2, 0.25) is 5.02 Å². The van der Waals surface area contributed by atoms with Crippen molar-refractivity contribution in [2.24, 2.45) is 10.7 Å². The zero-order valence-corrected chi connectivity index (χ0v) is 11.4. The van der Waals surface area contributed by atoms with Crippen molar-refractivity contribution in [3.05, 3.63) is 35.2 Å². The Morgan fingerprint density at radius 3 is 3.16 bits per heavy atom. The van der Waals surface area contributed by atoms with Gasteiger partial charge in [-0.25, -0.2) is 9.98 Å². The average molecular weight is 282 g/mol. The number of aliphatic imine (C=N–C) groups is 1. The SMILES string of the molecule is COCCNC(N)=NCc1cn2cc(Cl)ccc2n1. The lowest BCUT2D eigenvalue weighted by Gasteiger charge is -2.03. The lowest BCUT2D eigenvalue weighted by atomic mass is 10.5. The van der Waals surface area contributed by atoms with Gasteiger partial charge in [-0.1, -0.05) is 11.6 Å². The normalized spacial score (nSPS) is 12.0. The van der Waals surface area contributed by atoms with Crippen LogP contribution in [0.5, 0.6) is 0 Å². The number of methoxy groups -OCH3 is 1. The van der Waals surface area contributed by atoms with Gasteiger partial charge >= 0.3 is 0 Å². The fourth-order valence-corrected chi connectivity index (χ4v) is 1.76. The summed E-state index contributed by atoms with van der Waals surface area (Å²) < 4.78 is 6.77. The van der Waals surface area contributed by atoms with Gasteiger partial charge in [0, 0.05) is 26.0 Å². The number of rotatable bonds is 5. The molecule has 0 saturated carbocycles. The van der Waals surface area contributed by atoms with E-state index in [1.165, 1.54) is 0 Å². The zero-order chi connectivity index (χ0) is 13.7. The van der Waals surface area contributed by atoms with Gasteiger partial charge in [0.1, 0.15) is 5.65 Å². The number of imidazole rings is 1. The standard InChI is InChI=1S/C12H16ClN5O/c1-19-5-4-15-12(14)16-6-10-8-18-7-9(13)2-3-11(18)17-10/h2-3,7-8H,4-6H2,1H3,(H3,14,15,16). The van der Waals surface area contributed by atoms with Gasteiger partial charge in [-0.15, -0.1) is 0 Å². The summed E-state index contributed by atoms with van der Waals surface area (Å²) in [5.41, 5.74) is 7.37. The van der Waals surface area contributed by atoms with E-state index in [2.05, 4.69) is 15.3 Å². The molecule has 0 radical (unpaired) electrons. The summed E-state index contributed by atoms with van der Waals surface area (Å²) in [6, 6.07) is 3.66. The Morgan fingerprint density at radius 2 is 2.37 bits per heavy atom. The first-order chi connectivity index (χ1) is 9.19. The summed E-state index contributed by atoms with van der Waals surface area (Å²) in [5.74, 6) is 0.382. The minimum Gasteiger partial charge on any atom is -0.383 e. The summed E-state index contributed by atoms with van der Waals surface area (Å²) >= 11 is 5.91. The number of fused-ring (bicyclic) bond motifs is 1. The quantitative estimate of drug-likeness (QED) is 0.488. The molecule has 2 aromatic rings. The topological polar surface area (TPSA) is 76.9 Å². The first-order valence-corrected chi connectivity index (χ1v) is 6.22. The highest BCUT2D eigenvalue weighted by Gasteiger charge is 2.01. The van der Waals surface area contributed by atoms with Gasteiger partial charge in [0.05, 0.1) is 23.9 Å². The molecule has 2 aromatic heterocycles. The molecule has 0 aliphatic carbocycles.